The molecule has 82 valence electrons. The summed E-state index contributed by atoms with van der Waals surface area (Å²) in [4.78, 5) is 2.49. The number of likely N-dealkylation sites (tertiary alicyclic amines) is 1. The summed E-state index contributed by atoms with van der Waals surface area (Å²) in [5.41, 5.74) is 5.56. The van der Waals surface area contributed by atoms with Crippen LogP contribution < -0.4 is 5.73 Å². The first-order chi connectivity index (χ1) is 6.65. The molecule has 0 aromatic rings. The molecule has 1 aliphatic heterocycles. The van der Waals surface area contributed by atoms with Crippen LogP contribution in [0.25, 0.3) is 0 Å². The van der Waals surface area contributed by atoms with Crippen LogP contribution in [0.2, 0.25) is 0 Å². The largest absolute Gasteiger partial charge is 0.387 e. The van der Waals surface area contributed by atoms with E-state index in [4.69, 9.17) is 11.1 Å². The summed E-state index contributed by atoms with van der Waals surface area (Å²) in [5, 5.41) is 7.47. The lowest BCUT2D eigenvalue weighted by Gasteiger charge is -2.36. The standard InChI is InChI=1S/C11H23N3/c1-3-5-9(2)14-7-4-6-10(8-14)11(12)13/h9-10H,3-8H2,1-2H3,(H3,12,13). The first kappa shape index (κ1) is 11.5. The van der Waals surface area contributed by atoms with Crippen molar-refractivity contribution < 1.29 is 0 Å². The fourth-order valence-electron chi connectivity index (χ4n) is 2.26. The molecule has 0 amide bonds. The first-order valence-electron chi connectivity index (χ1n) is 5.73. The third-order valence-corrected chi connectivity index (χ3v) is 3.22. The lowest BCUT2D eigenvalue weighted by atomic mass is 9.95. The van der Waals surface area contributed by atoms with Crippen molar-refractivity contribution in [3.8, 4) is 0 Å². The van der Waals surface area contributed by atoms with Crippen LogP contribution >= 0.6 is 0 Å². The van der Waals surface area contributed by atoms with Crippen LogP contribution in [0.3, 0.4) is 0 Å². The molecule has 0 aliphatic carbocycles. The molecule has 1 aliphatic rings. The van der Waals surface area contributed by atoms with Gasteiger partial charge in [0.1, 0.15) is 0 Å². The van der Waals surface area contributed by atoms with Crippen LogP contribution in [-0.4, -0.2) is 29.9 Å². The third-order valence-electron chi connectivity index (χ3n) is 3.22. The molecule has 3 N–H and O–H groups in total. The number of piperidine rings is 1. The van der Waals surface area contributed by atoms with Gasteiger partial charge in [0.15, 0.2) is 0 Å². The zero-order chi connectivity index (χ0) is 10.6. The lowest BCUT2D eigenvalue weighted by Crippen LogP contribution is -2.44. The highest BCUT2D eigenvalue weighted by atomic mass is 15.2. The van der Waals surface area contributed by atoms with Gasteiger partial charge < -0.3 is 5.73 Å². The summed E-state index contributed by atoms with van der Waals surface area (Å²) in [7, 11) is 0. The average molecular weight is 197 g/mol. The molecule has 1 saturated heterocycles. The number of rotatable bonds is 4. The fourth-order valence-corrected chi connectivity index (χ4v) is 2.26. The predicted molar refractivity (Wildman–Crippen MR) is 60.6 cm³/mol. The van der Waals surface area contributed by atoms with E-state index >= 15 is 0 Å². The second-order valence-corrected chi connectivity index (χ2v) is 4.43. The van der Waals surface area contributed by atoms with Gasteiger partial charge in [-0.2, -0.15) is 0 Å². The van der Waals surface area contributed by atoms with E-state index in [1.807, 2.05) is 0 Å². The molecule has 3 heteroatoms. The molecule has 1 fully saturated rings. The van der Waals surface area contributed by atoms with Crippen LogP contribution in [0.5, 0.6) is 0 Å². The molecular formula is C11H23N3. The minimum atomic E-state index is 0.308. The van der Waals surface area contributed by atoms with Gasteiger partial charge in [-0.25, -0.2) is 0 Å². The Bertz CT molecular complexity index is 191. The maximum atomic E-state index is 7.47. The summed E-state index contributed by atoms with van der Waals surface area (Å²) in [6, 6.07) is 0.655. The fraction of sp³-hybridized carbons (Fsp3) is 0.909. The summed E-state index contributed by atoms with van der Waals surface area (Å²) in [6.45, 7) is 6.69. The Morgan fingerprint density at radius 3 is 2.93 bits per heavy atom. The second kappa shape index (κ2) is 5.35. The van der Waals surface area contributed by atoms with E-state index in [1.165, 1.54) is 25.8 Å². The maximum Gasteiger partial charge on any atom is 0.0949 e. The molecule has 2 unspecified atom stereocenters. The summed E-state index contributed by atoms with van der Waals surface area (Å²) < 4.78 is 0. The predicted octanol–water partition coefficient (Wildman–Crippen LogP) is 1.82. The van der Waals surface area contributed by atoms with Crippen molar-refractivity contribution in [3.63, 3.8) is 0 Å². The minimum Gasteiger partial charge on any atom is -0.387 e. The number of nitrogens with one attached hydrogen (secondary N) is 1. The Hall–Kier alpha value is -0.570. The number of nitrogens with two attached hydrogens (primary N) is 1. The monoisotopic (exact) mass is 197 g/mol. The Kier molecular flexibility index (Phi) is 4.39. The van der Waals surface area contributed by atoms with Crippen LogP contribution in [0.1, 0.15) is 39.5 Å². The van der Waals surface area contributed by atoms with Crippen molar-refractivity contribution in [1.82, 2.24) is 4.90 Å². The Morgan fingerprint density at radius 1 is 1.64 bits per heavy atom. The lowest BCUT2D eigenvalue weighted by molar-refractivity contribution is 0.147. The molecular weight excluding hydrogens is 174 g/mol. The van der Waals surface area contributed by atoms with Gasteiger partial charge in [0.2, 0.25) is 0 Å². The summed E-state index contributed by atoms with van der Waals surface area (Å²) in [6.07, 6.45) is 4.79. The molecule has 1 rings (SSSR count). The number of hydrogen-bond donors (Lipinski definition) is 2. The van der Waals surface area contributed by atoms with E-state index in [0.717, 1.165) is 13.0 Å². The van der Waals surface area contributed by atoms with E-state index in [0.29, 0.717) is 17.8 Å². The maximum absolute atomic E-state index is 7.47. The quantitative estimate of drug-likeness (QED) is 0.533. The van der Waals surface area contributed by atoms with Crippen molar-refractivity contribution in [2.45, 2.75) is 45.6 Å². The highest BCUT2D eigenvalue weighted by Crippen LogP contribution is 2.19. The summed E-state index contributed by atoms with van der Waals surface area (Å²) >= 11 is 0. The van der Waals surface area contributed by atoms with Gasteiger partial charge in [-0.05, 0) is 32.7 Å². The topological polar surface area (TPSA) is 53.1 Å². The zero-order valence-corrected chi connectivity index (χ0v) is 9.42. The Morgan fingerprint density at radius 2 is 2.36 bits per heavy atom. The van der Waals surface area contributed by atoms with Gasteiger partial charge in [-0.1, -0.05) is 13.3 Å². The molecule has 3 nitrogen and oxygen atoms in total. The molecule has 0 aromatic carbocycles. The van der Waals surface area contributed by atoms with E-state index in [-0.39, 0.29) is 0 Å². The Balaban J connectivity index is 2.43. The molecule has 14 heavy (non-hydrogen) atoms. The van der Waals surface area contributed by atoms with Crippen LogP contribution in [0.4, 0.5) is 0 Å². The molecule has 0 radical (unpaired) electrons. The highest BCUT2D eigenvalue weighted by Gasteiger charge is 2.24. The molecule has 0 aromatic heterocycles. The van der Waals surface area contributed by atoms with Crippen molar-refractivity contribution in [2.75, 3.05) is 13.1 Å². The Labute approximate surface area is 87.2 Å². The number of amidine groups is 1. The van der Waals surface area contributed by atoms with Gasteiger partial charge in [-0.3, -0.25) is 10.3 Å². The molecule has 0 spiro atoms. The van der Waals surface area contributed by atoms with Gasteiger partial charge in [0.05, 0.1) is 5.84 Å². The second-order valence-electron chi connectivity index (χ2n) is 4.43. The van der Waals surface area contributed by atoms with Crippen LogP contribution in [-0.2, 0) is 0 Å². The average Bonchev–Trinajstić information content (AvgIpc) is 2.18. The van der Waals surface area contributed by atoms with Crippen molar-refractivity contribution in [1.29, 1.82) is 5.41 Å². The zero-order valence-electron chi connectivity index (χ0n) is 9.42. The van der Waals surface area contributed by atoms with Crippen LogP contribution in [0, 0.1) is 11.3 Å². The highest BCUT2D eigenvalue weighted by molar-refractivity contribution is 5.79. The van der Waals surface area contributed by atoms with E-state index in [1.54, 1.807) is 0 Å². The van der Waals surface area contributed by atoms with Gasteiger partial charge >= 0.3 is 0 Å². The molecule has 2 atom stereocenters. The van der Waals surface area contributed by atoms with Gasteiger partial charge in [-0.15, -0.1) is 0 Å². The number of hydrogen-bond acceptors (Lipinski definition) is 2. The smallest absolute Gasteiger partial charge is 0.0949 e. The van der Waals surface area contributed by atoms with Crippen LogP contribution in [0.15, 0.2) is 0 Å². The van der Waals surface area contributed by atoms with E-state index in [2.05, 4.69) is 18.7 Å². The van der Waals surface area contributed by atoms with Crippen molar-refractivity contribution in [3.05, 3.63) is 0 Å². The van der Waals surface area contributed by atoms with E-state index in [9.17, 15) is 0 Å². The molecule has 0 bridgehead atoms. The summed E-state index contributed by atoms with van der Waals surface area (Å²) in [5.74, 6) is 0.682. The van der Waals surface area contributed by atoms with Crippen molar-refractivity contribution >= 4 is 5.84 Å². The van der Waals surface area contributed by atoms with Gasteiger partial charge in [0.25, 0.3) is 0 Å². The first-order valence-corrected chi connectivity index (χ1v) is 5.73. The molecule has 1 heterocycles. The number of nitrogens with zero attached hydrogens (tertiary/aromatic N) is 1. The molecule has 0 saturated carbocycles. The third kappa shape index (κ3) is 2.98. The van der Waals surface area contributed by atoms with Crippen molar-refractivity contribution in [2.24, 2.45) is 11.7 Å². The van der Waals surface area contributed by atoms with Gasteiger partial charge in [0, 0.05) is 18.5 Å². The minimum absolute atomic E-state index is 0.308. The normalized spacial score (nSPS) is 26.0. The SMILES string of the molecule is CCCC(C)N1CCCC(C(=N)N)C1. The van der Waals surface area contributed by atoms with E-state index < -0.39 is 0 Å².